The van der Waals surface area contributed by atoms with E-state index in [-0.39, 0.29) is 30.8 Å². The fourth-order valence-corrected chi connectivity index (χ4v) is 3.17. The first kappa shape index (κ1) is 21.8. The SMILES string of the molecule is CC(C)C(=O)Nc1ccc(O[C@H]2O[C@H](CCP(=O)(O)O)C[C@H](O)[C@@H]2O)cc1. The third-order valence-electron chi connectivity index (χ3n) is 4.14. The molecule has 10 heteroatoms. The average Bonchev–Trinajstić information content (AvgIpc) is 2.58. The Hall–Kier alpha value is -1.48. The van der Waals surface area contributed by atoms with Crippen LogP contribution in [-0.4, -0.2) is 56.7 Å². The monoisotopic (exact) mass is 403 g/mol. The Morgan fingerprint density at radius 3 is 2.48 bits per heavy atom. The molecule has 9 nitrogen and oxygen atoms in total. The van der Waals surface area contributed by atoms with Gasteiger partial charge >= 0.3 is 7.60 Å². The summed E-state index contributed by atoms with van der Waals surface area (Å²) >= 11 is 0. The van der Waals surface area contributed by atoms with Gasteiger partial charge in [0.05, 0.1) is 18.4 Å². The molecule has 0 unspecified atom stereocenters. The van der Waals surface area contributed by atoms with Crippen molar-refractivity contribution in [1.29, 1.82) is 0 Å². The lowest BCUT2D eigenvalue weighted by Gasteiger charge is -2.37. The molecular formula is C17H26NO8P. The third-order valence-corrected chi connectivity index (χ3v) is 4.99. The molecule has 27 heavy (non-hydrogen) atoms. The van der Waals surface area contributed by atoms with E-state index in [1.54, 1.807) is 38.1 Å². The summed E-state index contributed by atoms with van der Waals surface area (Å²) in [6.45, 7) is 3.56. The maximum atomic E-state index is 11.7. The zero-order chi connectivity index (χ0) is 20.2. The number of benzene rings is 1. The highest BCUT2D eigenvalue weighted by Gasteiger charge is 2.38. The van der Waals surface area contributed by atoms with Crippen LogP contribution in [0.4, 0.5) is 5.69 Å². The maximum absolute atomic E-state index is 11.7. The Morgan fingerprint density at radius 1 is 1.30 bits per heavy atom. The van der Waals surface area contributed by atoms with Crippen LogP contribution in [0, 0.1) is 5.92 Å². The number of rotatable bonds is 7. The topological polar surface area (TPSA) is 146 Å². The zero-order valence-corrected chi connectivity index (χ0v) is 16.1. The second-order valence-electron chi connectivity index (χ2n) is 6.88. The van der Waals surface area contributed by atoms with E-state index < -0.39 is 32.2 Å². The molecule has 0 bridgehead atoms. The number of aliphatic hydroxyl groups is 2. The molecule has 1 aliphatic heterocycles. The molecule has 1 fully saturated rings. The number of nitrogens with one attached hydrogen (secondary N) is 1. The van der Waals surface area contributed by atoms with Gasteiger partial charge in [-0.25, -0.2) is 0 Å². The largest absolute Gasteiger partial charge is 0.462 e. The van der Waals surface area contributed by atoms with E-state index in [4.69, 9.17) is 19.3 Å². The molecule has 0 spiro atoms. The van der Waals surface area contributed by atoms with Gasteiger partial charge in [0.15, 0.2) is 0 Å². The summed E-state index contributed by atoms with van der Waals surface area (Å²) in [7, 11) is -4.18. The van der Waals surface area contributed by atoms with E-state index in [2.05, 4.69) is 5.32 Å². The van der Waals surface area contributed by atoms with Crippen molar-refractivity contribution in [2.24, 2.45) is 5.92 Å². The van der Waals surface area contributed by atoms with Crippen LogP contribution in [0.3, 0.4) is 0 Å². The number of carbonyl (C=O) groups is 1. The van der Waals surface area contributed by atoms with E-state index in [1.807, 2.05) is 0 Å². The predicted molar refractivity (Wildman–Crippen MR) is 97.4 cm³/mol. The van der Waals surface area contributed by atoms with Crippen molar-refractivity contribution >= 4 is 19.2 Å². The molecule has 5 N–H and O–H groups in total. The molecule has 4 atom stereocenters. The minimum absolute atomic E-state index is 0.0358. The number of hydrogen-bond donors (Lipinski definition) is 5. The van der Waals surface area contributed by atoms with E-state index in [0.29, 0.717) is 11.4 Å². The van der Waals surface area contributed by atoms with Gasteiger partial charge in [-0.3, -0.25) is 9.36 Å². The minimum atomic E-state index is -4.18. The number of hydrogen-bond acceptors (Lipinski definition) is 6. The van der Waals surface area contributed by atoms with Crippen LogP contribution in [0.2, 0.25) is 0 Å². The number of ether oxygens (including phenoxy) is 2. The molecule has 0 aliphatic carbocycles. The quantitative estimate of drug-likeness (QED) is 0.425. The second-order valence-corrected chi connectivity index (χ2v) is 8.66. The molecular weight excluding hydrogens is 377 g/mol. The summed E-state index contributed by atoms with van der Waals surface area (Å²) in [5.74, 6) is 0.0773. The Labute approximate surface area is 157 Å². The summed E-state index contributed by atoms with van der Waals surface area (Å²) in [6.07, 6.45) is -4.53. The molecule has 0 aromatic heterocycles. The Balaban J connectivity index is 1.97. The summed E-state index contributed by atoms with van der Waals surface area (Å²) in [5.41, 5.74) is 0.589. The molecule has 1 aliphatic rings. The van der Waals surface area contributed by atoms with Crippen LogP contribution in [-0.2, 0) is 14.1 Å². The van der Waals surface area contributed by atoms with Crippen LogP contribution in [0.15, 0.2) is 24.3 Å². The van der Waals surface area contributed by atoms with Crippen molar-refractivity contribution in [2.45, 2.75) is 51.3 Å². The lowest BCUT2D eigenvalue weighted by Crippen LogP contribution is -2.51. The van der Waals surface area contributed by atoms with E-state index in [1.165, 1.54) is 0 Å². The van der Waals surface area contributed by atoms with E-state index in [9.17, 15) is 19.6 Å². The van der Waals surface area contributed by atoms with Crippen LogP contribution in [0.1, 0.15) is 26.7 Å². The van der Waals surface area contributed by atoms with Gasteiger partial charge in [0.2, 0.25) is 12.2 Å². The Morgan fingerprint density at radius 2 is 1.93 bits per heavy atom. The Kier molecular flexibility index (Phi) is 7.39. The van der Waals surface area contributed by atoms with Gasteiger partial charge < -0.3 is 34.8 Å². The van der Waals surface area contributed by atoms with Gasteiger partial charge in [-0.1, -0.05) is 13.8 Å². The van der Waals surface area contributed by atoms with Crippen LogP contribution >= 0.6 is 7.60 Å². The van der Waals surface area contributed by atoms with Gasteiger partial charge in [0.25, 0.3) is 0 Å². The fraction of sp³-hybridized carbons (Fsp3) is 0.588. The molecule has 0 saturated carbocycles. The van der Waals surface area contributed by atoms with Crippen LogP contribution in [0.5, 0.6) is 5.75 Å². The van der Waals surface area contributed by atoms with Gasteiger partial charge in [-0.05, 0) is 30.7 Å². The minimum Gasteiger partial charge on any atom is -0.462 e. The Bertz CT molecular complexity index is 674. The average molecular weight is 403 g/mol. The van der Waals surface area contributed by atoms with Gasteiger partial charge in [0.1, 0.15) is 11.9 Å². The number of aliphatic hydroxyl groups excluding tert-OH is 2. The number of amides is 1. The highest BCUT2D eigenvalue weighted by atomic mass is 31.2. The molecule has 152 valence electrons. The standard InChI is InChI=1S/C17H26NO8P/c1-10(2)16(21)18-11-3-5-12(6-4-11)25-17-15(20)14(19)9-13(26-17)7-8-27(22,23)24/h3-6,10,13-15,17,19-20H,7-9H2,1-2H3,(H,18,21)(H2,22,23,24)/t13-,14+,15+,17+/m1/s1. The highest BCUT2D eigenvalue weighted by molar-refractivity contribution is 7.51. The number of carbonyl (C=O) groups excluding carboxylic acids is 1. The lowest BCUT2D eigenvalue weighted by atomic mass is 10.0. The smallest absolute Gasteiger partial charge is 0.325 e. The summed E-state index contributed by atoms with van der Waals surface area (Å²) in [6, 6.07) is 6.42. The van der Waals surface area contributed by atoms with E-state index in [0.717, 1.165) is 0 Å². The molecule has 0 radical (unpaired) electrons. The van der Waals surface area contributed by atoms with Crippen LogP contribution in [0.25, 0.3) is 0 Å². The first-order valence-electron chi connectivity index (χ1n) is 8.69. The molecule has 1 saturated heterocycles. The summed E-state index contributed by atoms with van der Waals surface area (Å²) in [5, 5.41) is 22.8. The molecule has 1 heterocycles. The molecule has 2 rings (SSSR count). The predicted octanol–water partition coefficient (Wildman–Crippen LogP) is 1.06. The molecule has 1 aromatic carbocycles. The lowest BCUT2D eigenvalue weighted by molar-refractivity contribution is -0.235. The van der Waals surface area contributed by atoms with Crippen LogP contribution < -0.4 is 10.1 Å². The third kappa shape index (κ3) is 6.88. The molecule has 1 amide bonds. The van der Waals surface area contributed by atoms with Crippen molar-refractivity contribution in [2.75, 3.05) is 11.5 Å². The molecule has 1 aromatic rings. The zero-order valence-electron chi connectivity index (χ0n) is 15.2. The van der Waals surface area contributed by atoms with Crippen molar-refractivity contribution < 1.29 is 38.8 Å². The van der Waals surface area contributed by atoms with Gasteiger partial charge in [0, 0.05) is 18.0 Å². The maximum Gasteiger partial charge on any atom is 0.325 e. The first-order chi connectivity index (χ1) is 12.5. The highest BCUT2D eigenvalue weighted by Crippen LogP contribution is 2.37. The normalized spacial score (nSPS) is 26.0. The summed E-state index contributed by atoms with van der Waals surface area (Å²) < 4.78 is 22.1. The number of anilines is 1. The van der Waals surface area contributed by atoms with Crippen molar-refractivity contribution in [1.82, 2.24) is 0 Å². The van der Waals surface area contributed by atoms with Crippen molar-refractivity contribution in [3.05, 3.63) is 24.3 Å². The first-order valence-corrected chi connectivity index (χ1v) is 10.5. The fourth-order valence-electron chi connectivity index (χ4n) is 2.55. The van der Waals surface area contributed by atoms with Gasteiger partial charge in [-0.15, -0.1) is 0 Å². The summed E-state index contributed by atoms with van der Waals surface area (Å²) in [4.78, 5) is 29.6. The second kappa shape index (κ2) is 9.14. The van der Waals surface area contributed by atoms with Gasteiger partial charge in [-0.2, -0.15) is 0 Å². The van der Waals surface area contributed by atoms with Crippen molar-refractivity contribution in [3.63, 3.8) is 0 Å². The van der Waals surface area contributed by atoms with Crippen molar-refractivity contribution in [3.8, 4) is 5.75 Å². The van der Waals surface area contributed by atoms with E-state index >= 15 is 0 Å².